The number of anilines is 1. The van der Waals surface area contributed by atoms with Crippen molar-refractivity contribution in [1.82, 2.24) is 0 Å². The average molecular weight is 333 g/mol. The average Bonchev–Trinajstić information content (AvgIpc) is 2.53. The summed E-state index contributed by atoms with van der Waals surface area (Å²) in [5.74, 6) is -1.36. The van der Waals surface area contributed by atoms with Gasteiger partial charge >= 0.3 is 0 Å². The normalized spacial score (nSPS) is 13.6. The number of aliphatic hydroxyl groups excluding tert-OH is 1. The van der Waals surface area contributed by atoms with E-state index in [1.807, 2.05) is 26.1 Å². The first-order valence-electron chi connectivity index (χ1n) is 8.35. The second-order valence-corrected chi connectivity index (χ2v) is 6.40. The maximum absolute atomic E-state index is 13.3. The minimum Gasteiger partial charge on any atom is -0.373 e. The Hall–Kier alpha value is -1.94. The number of aliphatic hydroxyl groups is 1. The smallest absolute Gasteiger partial charge is 0.129 e. The van der Waals surface area contributed by atoms with Crippen molar-refractivity contribution < 1.29 is 13.9 Å². The molecule has 2 aromatic rings. The van der Waals surface area contributed by atoms with E-state index in [1.165, 1.54) is 17.7 Å². The molecular weight excluding hydrogens is 308 g/mol. The Morgan fingerprint density at radius 3 is 2.12 bits per heavy atom. The number of aryl methyl sites for hydroxylation is 1. The van der Waals surface area contributed by atoms with Crippen LogP contribution >= 0.6 is 0 Å². The number of nitrogens with zero attached hydrogens (tertiary/aromatic N) is 1. The Labute approximate surface area is 142 Å². The monoisotopic (exact) mass is 333 g/mol. The van der Waals surface area contributed by atoms with Crippen LogP contribution in [0.4, 0.5) is 14.5 Å². The van der Waals surface area contributed by atoms with Gasteiger partial charge in [-0.1, -0.05) is 32.4 Å². The number of hydrogen-bond acceptors (Lipinski definition) is 2. The molecule has 0 saturated carbocycles. The van der Waals surface area contributed by atoms with Crippen LogP contribution in [0.5, 0.6) is 0 Å². The van der Waals surface area contributed by atoms with Gasteiger partial charge < -0.3 is 10.0 Å². The highest BCUT2D eigenvalue weighted by atomic mass is 19.1. The summed E-state index contributed by atoms with van der Waals surface area (Å²) in [6, 6.07) is 11.6. The van der Waals surface area contributed by atoms with Crippen molar-refractivity contribution in [3.8, 4) is 0 Å². The van der Waals surface area contributed by atoms with E-state index in [2.05, 4.69) is 19.1 Å². The Bertz CT molecular complexity index is 637. The number of halogens is 2. The molecule has 2 atom stereocenters. The fraction of sp³-hybridized carbons (Fsp3) is 0.400. The molecule has 0 radical (unpaired) electrons. The molecule has 0 aromatic heterocycles. The third-order valence-electron chi connectivity index (χ3n) is 4.27. The zero-order valence-electron chi connectivity index (χ0n) is 14.5. The molecule has 2 rings (SSSR count). The van der Waals surface area contributed by atoms with E-state index in [0.717, 1.165) is 24.6 Å². The van der Waals surface area contributed by atoms with Gasteiger partial charge in [-0.15, -0.1) is 0 Å². The molecule has 0 fully saturated rings. The molecule has 0 amide bonds. The third-order valence-corrected chi connectivity index (χ3v) is 4.27. The van der Waals surface area contributed by atoms with Gasteiger partial charge in [0.15, 0.2) is 0 Å². The van der Waals surface area contributed by atoms with Gasteiger partial charge in [0.25, 0.3) is 0 Å². The summed E-state index contributed by atoms with van der Waals surface area (Å²) < 4.78 is 26.6. The lowest BCUT2D eigenvalue weighted by molar-refractivity contribution is 0.117. The SMILES string of the molecule is CCCc1ccc(N(C)C(O)[C@@H](C)Cc2cc(F)cc(F)c2)cc1. The van der Waals surface area contributed by atoms with Crippen molar-refractivity contribution in [3.63, 3.8) is 0 Å². The van der Waals surface area contributed by atoms with Gasteiger partial charge in [-0.3, -0.25) is 0 Å². The van der Waals surface area contributed by atoms with Crippen molar-refractivity contribution in [1.29, 1.82) is 0 Å². The molecule has 0 bridgehead atoms. The van der Waals surface area contributed by atoms with E-state index < -0.39 is 17.9 Å². The minimum absolute atomic E-state index is 0.175. The lowest BCUT2D eigenvalue weighted by Gasteiger charge is -2.30. The van der Waals surface area contributed by atoms with E-state index in [4.69, 9.17) is 0 Å². The van der Waals surface area contributed by atoms with E-state index >= 15 is 0 Å². The first-order chi connectivity index (χ1) is 11.4. The Balaban J connectivity index is 2.04. The fourth-order valence-electron chi connectivity index (χ4n) is 2.93. The van der Waals surface area contributed by atoms with Crippen LogP contribution in [0.1, 0.15) is 31.4 Å². The molecule has 0 saturated heterocycles. The van der Waals surface area contributed by atoms with Crippen LogP contribution in [0.15, 0.2) is 42.5 Å². The maximum Gasteiger partial charge on any atom is 0.129 e. The van der Waals surface area contributed by atoms with Crippen LogP contribution in [-0.2, 0) is 12.8 Å². The maximum atomic E-state index is 13.3. The lowest BCUT2D eigenvalue weighted by atomic mass is 9.98. The minimum atomic E-state index is -0.742. The van der Waals surface area contributed by atoms with Crippen LogP contribution in [0.25, 0.3) is 0 Å². The summed E-state index contributed by atoms with van der Waals surface area (Å²) in [4.78, 5) is 1.79. The largest absolute Gasteiger partial charge is 0.373 e. The van der Waals surface area contributed by atoms with Crippen LogP contribution in [0, 0.1) is 17.6 Å². The summed E-state index contributed by atoms with van der Waals surface area (Å²) in [7, 11) is 1.82. The molecule has 130 valence electrons. The van der Waals surface area contributed by atoms with Gasteiger partial charge in [-0.25, -0.2) is 8.78 Å². The zero-order valence-corrected chi connectivity index (χ0v) is 14.5. The van der Waals surface area contributed by atoms with E-state index in [-0.39, 0.29) is 5.92 Å². The zero-order chi connectivity index (χ0) is 17.7. The van der Waals surface area contributed by atoms with Crippen molar-refractivity contribution in [2.24, 2.45) is 5.92 Å². The third kappa shape index (κ3) is 4.78. The topological polar surface area (TPSA) is 23.5 Å². The molecule has 0 aliphatic rings. The van der Waals surface area contributed by atoms with Crippen molar-refractivity contribution in [2.75, 3.05) is 11.9 Å². The molecule has 2 nitrogen and oxygen atoms in total. The van der Waals surface area contributed by atoms with Crippen LogP contribution in [0.2, 0.25) is 0 Å². The highest BCUT2D eigenvalue weighted by Crippen LogP contribution is 2.22. The second kappa shape index (κ2) is 8.25. The molecule has 0 aliphatic carbocycles. The Morgan fingerprint density at radius 1 is 1.00 bits per heavy atom. The van der Waals surface area contributed by atoms with Gasteiger partial charge in [0.1, 0.15) is 17.9 Å². The van der Waals surface area contributed by atoms with Crippen molar-refractivity contribution in [3.05, 3.63) is 65.2 Å². The fourth-order valence-corrected chi connectivity index (χ4v) is 2.93. The quantitative estimate of drug-likeness (QED) is 0.751. The summed E-state index contributed by atoms with van der Waals surface area (Å²) in [5, 5.41) is 10.6. The van der Waals surface area contributed by atoms with Gasteiger partial charge in [-0.2, -0.15) is 0 Å². The molecule has 24 heavy (non-hydrogen) atoms. The summed E-state index contributed by atoms with van der Waals surface area (Å²) in [6.45, 7) is 4.01. The molecule has 0 spiro atoms. The van der Waals surface area contributed by atoms with Crippen LogP contribution in [-0.4, -0.2) is 18.4 Å². The highest BCUT2D eigenvalue weighted by molar-refractivity contribution is 5.47. The molecular formula is C20H25F2NO. The predicted octanol–water partition coefficient (Wildman–Crippen LogP) is 4.55. The molecule has 4 heteroatoms. The van der Waals surface area contributed by atoms with E-state index in [9.17, 15) is 13.9 Å². The van der Waals surface area contributed by atoms with Gasteiger partial charge in [0.05, 0.1) is 0 Å². The van der Waals surface area contributed by atoms with E-state index in [1.54, 1.807) is 4.90 Å². The first kappa shape index (κ1) is 18.4. The van der Waals surface area contributed by atoms with Crippen molar-refractivity contribution in [2.45, 2.75) is 39.3 Å². The molecule has 2 aromatic carbocycles. The van der Waals surface area contributed by atoms with Crippen molar-refractivity contribution >= 4 is 5.69 Å². The summed E-state index contributed by atoms with van der Waals surface area (Å²) in [5.41, 5.74) is 2.73. The van der Waals surface area contributed by atoms with Crippen LogP contribution < -0.4 is 4.90 Å². The predicted molar refractivity (Wildman–Crippen MR) is 94.1 cm³/mol. The second-order valence-electron chi connectivity index (χ2n) is 6.40. The number of rotatable bonds is 7. The Kier molecular flexibility index (Phi) is 6.32. The first-order valence-corrected chi connectivity index (χ1v) is 8.35. The van der Waals surface area contributed by atoms with E-state index in [0.29, 0.717) is 12.0 Å². The van der Waals surface area contributed by atoms with Gasteiger partial charge in [0, 0.05) is 24.7 Å². The number of hydrogen-bond donors (Lipinski definition) is 1. The number of benzene rings is 2. The molecule has 0 heterocycles. The summed E-state index contributed by atoms with van der Waals surface area (Å²) in [6.07, 6.45) is 1.79. The van der Waals surface area contributed by atoms with Gasteiger partial charge in [-0.05, 0) is 48.2 Å². The molecule has 1 unspecified atom stereocenters. The lowest BCUT2D eigenvalue weighted by Crippen LogP contribution is -2.37. The summed E-state index contributed by atoms with van der Waals surface area (Å²) >= 11 is 0. The van der Waals surface area contributed by atoms with Crippen LogP contribution in [0.3, 0.4) is 0 Å². The Morgan fingerprint density at radius 2 is 1.58 bits per heavy atom. The highest BCUT2D eigenvalue weighted by Gasteiger charge is 2.20. The standard InChI is InChI=1S/C20H25F2NO/c1-4-5-15-6-8-19(9-7-15)23(3)20(24)14(2)10-16-11-17(21)13-18(22)12-16/h6-9,11-14,20,24H,4-5,10H2,1-3H3/t14-,20?/m0/s1. The molecule has 1 N–H and O–H groups in total. The van der Waals surface area contributed by atoms with Gasteiger partial charge in [0.2, 0.25) is 0 Å². The molecule has 0 aliphatic heterocycles.